The van der Waals surface area contributed by atoms with Crippen LogP contribution in [0.2, 0.25) is 0 Å². The van der Waals surface area contributed by atoms with Gasteiger partial charge in [0.15, 0.2) is 5.82 Å². The number of nitriles is 1. The van der Waals surface area contributed by atoms with Crippen LogP contribution in [0.3, 0.4) is 0 Å². The summed E-state index contributed by atoms with van der Waals surface area (Å²) in [5.74, 6) is 0.986. The summed E-state index contributed by atoms with van der Waals surface area (Å²) in [6, 6.07) is 12.5. The number of ether oxygens (including phenoxy) is 2. The van der Waals surface area contributed by atoms with E-state index in [2.05, 4.69) is 11.1 Å². The van der Waals surface area contributed by atoms with Gasteiger partial charge in [0.1, 0.15) is 11.8 Å². The van der Waals surface area contributed by atoms with E-state index in [4.69, 9.17) is 9.47 Å². The van der Waals surface area contributed by atoms with Crippen LogP contribution in [-0.4, -0.2) is 27.7 Å². The molecule has 0 bridgehead atoms. The molecule has 3 aromatic rings. The lowest BCUT2D eigenvalue weighted by molar-refractivity contribution is -0.385. The number of nitro groups is 1. The first-order valence-corrected chi connectivity index (χ1v) is 9.11. The maximum atomic E-state index is 11.5. The molecule has 8 heteroatoms. The summed E-state index contributed by atoms with van der Waals surface area (Å²) in [5, 5.41) is 21.3. The molecule has 1 heterocycles. The average Bonchev–Trinajstić information content (AvgIpc) is 3.04. The highest BCUT2D eigenvalue weighted by Crippen LogP contribution is 2.37. The fourth-order valence-corrected chi connectivity index (χ4v) is 3.06. The lowest BCUT2D eigenvalue weighted by atomic mass is 10.1. The maximum absolute atomic E-state index is 11.5. The number of hydrogen-bond acceptors (Lipinski definition) is 6. The van der Waals surface area contributed by atoms with Crippen LogP contribution in [-0.2, 0) is 7.05 Å². The van der Waals surface area contributed by atoms with Crippen molar-refractivity contribution in [3.05, 3.63) is 57.9 Å². The zero-order valence-electron chi connectivity index (χ0n) is 16.4. The minimum absolute atomic E-state index is 0.124. The molecular weight excluding hydrogens is 372 g/mol. The third-order valence-electron chi connectivity index (χ3n) is 4.34. The highest BCUT2D eigenvalue weighted by atomic mass is 16.6. The Kier molecular flexibility index (Phi) is 5.79. The third kappa shape index (κ3) is 3.89. The lowest BCUT2D eigenvalue weighted by Gasteiger charge is -2.11. The number of aromatic nitrogens is 2. The molecule has 0 fully saturated rings. The fraction of sp³-hybridized carbons (Fsp3) is 0.238. The molecule has 0 radical (unpaired) electrons. The maximum Gasteiger partial charge on any atom is 0.311 e. The van der Waals surface area contributed by atoms with Crippen molar-refractivity contribution < 1.29 is 14.4 Å². The molecule has 0 aliphatic heterocycles. The third-order valence-corrected chi connectivity index (χ3v) is 4.34. The molecule has 0 amide bonds. The molecule has 2 aromatic carbocycles. The van der Waals surface area contributed by atoms with Gasteiger partial charge in [-0.15, -0.1) is 0 Å². The summed E-state index contributed by atoms with van der Waals surface area (Å²) in [6.45, 7) is 4.20. The first-order chi connectivity index (χ1) is 14.0. The largest absolute Gasteiger partial charge is 0.493 e. The van der Waals surface area contributed by atoms with Crippen molar-refractivity contribution in [1.82, 2.24) is 9.55 Å². The number of aryl methyl sites for hydroxylation is 1. The van der Waals surface area contributed by atoms with Gasteiger partial charge in [-0.05, 0) is 32.1 Å². The van der Waals surface area contributed by atoms with Crippen LogP contribution in [0.15, 0.2) is 36.4 Å². The number of para-hydroxylation sites is 2. The number of nitro benzene ring substituents is 1. The van der Waals surface area contributed by atoms with Gasteiger partial charge >= 0.3 is 5.69 Å². The highest BCUT2D eigenvalue weighted by molar-refractivity contribution is 5.92. The second-order valence-corrected chi connectivity index (χ2v) is 6.13. The molecule has 1 aromatic heterocycles. The van der Waals surface area contributed by atoms with Crippen LogP contribution in [0.25, 0.3) is 22.7 Å². The van der Waals surface area contributed by atoms with Gasteiger partial charge in [0.25, 0.3) is 0 Å². The smallest absolute Gasteiger partial charge is 0.311 e. The Bertz CT molecular complexity index is 1140. The summed E-state index contributed by atoms with van der Waals surface area (Å²) < 4.78 is 12.8. The fourth-order valence-electron chi connectivity index (χ4n) is 3.06. The van der Waals surface area contributed by atoms with Crippen molar-refractivity contribution in [2.45, 2.75) is 13.8 Å². The summed E-state index contributed by atoms with van der Waals surface area (Å²) in [5.41, 5.74) is 2.12. The number of nitrogens with zero attached hydrogens (tertiary/aromatic N) is 4. The Hall–Kier alpha value is -3.86. The number of fused-ring (bicyclic) bond motifs is 1. The second-order valence-electron chi connectivity index (χ2n) is 6.13. The number of benzene rings is 2. The number of rotatable bonds is 7. The van der Waals surface area contributed by atoms with Gasteiger partial charge < -0.3 is 14.0 Å². The van der Waals surface area contributed by atoms with E-state index in [0.29, 0.717) is 23.7 Å². The van der Waals surface area contributed by atoms with E-state index in [1.54, 1.807) is 13.0 Å². The Labute approximate surface area is 167 Å². The molecule has 0 aliphatic rings. The van der Waals surface area contributed by atoms with E-state index in [9.17, 15) is 15.4 Å². The lowest BCUT2D eigenvalue weighted by Crippen LogP contribution is -2.02. The minimum atomic E-state index is -0.515. The minimum Gasteiger partial charge on any atom is -0.493 e. The van der Waals surface area contributed by atoms with E-state index < -0.39 is 4.92 Å². The van der Waals surface area contributed by atoms with Crippen molar-refractivity contribution in [3.8, 4) is 17.6 Å². The van der Waals surface area contributed by atoms with Crippen LogP contribution in [0.1, 0.15) is 25.2 Å². The van der Waals surface area contributed by atoms with Crippen LogP contribution in [0.5, 0.6) is 11.5 Å². The second kappa shape index (κ2) is 8.44. The van der Waals surface area contributed by atoms with Crippen molar-refractivity contribution in [2.24, 2.45) is 7.05 Å². The van der Waals surface area contributed by atoms with Crippen molar-refractivity contribution in [1.29, 1.82) is 5.26 Å². The van der Waals surface area contributed by atoms with Gasteiger partial charge in [-0.1, -0.05) is 12.1 Å². The topological polar surface area (TPSA) is 103 Å². The first kappa shape index (κ1) is 19.9. The van der Waals surface area contributed by atoms with Crippen LogP contribution in [0.4, 0.5) is 5.69 Å². The normalized spacial score (nSPS) is 11.3. The van der Waals surface area contributed by atoms with Crippen LogP contribution in [0, 0.1) is 21.4 Å². The quantitative estimate of drug-likeness (QED) is 0.336. The predicted molar refractivity (Wildman–Crippen MR) is 110 cm³/mol. The molecule has 0 saturated carbocycles. The van der Waals surface area contributed by atoms with Crippen molar-refractivity contribution in [3.63, 3.8) is 0 Å². The summed E-state index contributed by atoms with van der Waals surface area (Å²) >= 11 is 0. The molecular formula is C21H20N4O4. The molecule has 3 rings (SSSR count). The van der Waals surface area contributed by atoms with E-state index >= 15 is 0 Å². The Morgan fingerprint density at radius 2 is 1.93 bits per heavy atom. The SMILES string of the molecule is CCOc1cc(OCC)c([N+](=O)[O-])cc1/C=C(/C#N)c1nc2ccccc2n1C. The first-order valence-electron chi connectivity index (χ1n) is 9.11. The Morgan fingerprint density at radius 3 is 2.55 bits per heavy atom. The van der Waals surface area contributed by atoms with E-state index in [1.807, 2.05) is 42.8 Å². The van der Waals surface area contributed by atoms with Crippen molar-refractivity contribution in [2.75, 3.05) is 13.2 Å². The molecule has 0 spiro atoms. The predicted octanol–water partition coefficient (Wildman–Crippen LogP) is 4.34. The molecule has 0 N–H and O–H groups in total. The van der Waals surface area contributed by atoms with Crippen LogP contribution >= 0.6 is 0 Å². The zero-order chi connectivity index (χ0) is 21.0. The molecule has 0 aliphatic carbocycles. The molecule has 29 heavy (non-hydrogen) atoms. The number of hydrogen-bond donors (Lipinski definition) is 0. The number of imidazole rings is 1. The van der Waals surface area contributed by atoms with Gasteiger partial charge in [-0.3, -0.25) is 10.1 Å². The summed E-state index contributed by atoms with van der Waals surface area (Å²) in [7, 11) is 1.82. The monoisotopic (exact) mass is 392 g/mol. The average molecular weight is 392 g/mol. The Morgan fingerprint density at radius 1 is 1.24 bits per heavy atom. The van der Waals surface area contributed by atoms with E-state index in [0.717, 1.165) is 11.0 Å². The summed E-state index contributed by atoms with van der Waals surface area (Å²) in [6.07, 6.45) is 1.55. The zero-order valence-corrected chi connectivity index (χ0v) is 16.4. The number of allylic oxidation sites excluding steroid dienone is 1. The molecule has 0 unspecified atom stereocenters. The Balaban J connectivity index is 2.19. The standard InChI is InChI=1S/C21H20N4O4/c1-4-28-19-12-20(29-5-2)18(25(26)27)11-14(19)10-15(13-22)21-23-16-8-6-7-9-17(16)24(21)3/h6-12H,4-5H2,1-3H3/b15-10-. The van der Waals surface area contributed by atoms with Gasteiger partial charge in [-0.25, -0.2) is 4.98 Å². The van der Waals surface area contributed by atoms with Gasteiger partial charge in [-0.2, -0.15) is 5.26 Å². The van der Waals surface area contributed by atoms with Gasteiger partial charge in [0, 0.05) is 24.7 Å². The van der Waals surface area contributed by atoms with Gasteiger partial charge in [0.05, 0.1) is 34.7 Å². The highest BCUT2D eigenvalue weighted by Gasteiger charge is 2.21. The molecule has 0 saturated heterocycles. The molecule has 148 valence electrons. The van der Waals surface area contributed by atoms with E-state index in [1.165, 1.54) is 12.1 Å². The summed E-state index contributed by atoms with van der Waals surface area (Å²) in [4.78, 5) is 15.5. The van der Waals surface area contributed by atoms with Gasteiger partial charge in [0.2, 0.25) is 5.75 Å². The van der Waals surface area contributed by atoms with E-state index in [-0.39, 0.29) is 23.6 Å². The molecule has 8 nitrogen and oxygen atoms in total. The van der Waals surface area contributed by atoms with Crippen molar-refractivity contribution >= 4 is 28.4 Å². The molecule has 0 atom stereocenters. The van der Waals surface area contributed by atoms with Crippen LogP contribution < -0.4 is 9.47 Å².